The number of hydrazine groups is 1. The van der Waals surface area contributed by atoms with Crippen molar-refractivity contribution < 1.29 is 18.8 Å². The fraction of sp³-hybridized carbons (Fsp3) is 0.385. The Morgan fingerprint density at radius 1 is 1.38 bits per heavy atom. The van der Waals surface area contributed by atoms with E-state index in [1.165, 1.54) is 6.20 Å². The summed E-state index contributed by atoms with van der Waals surface area (Å²) in [5.74, 6) is -0.813. The van der Waals surface area contributed by atoms with Crippen LogP contribution in [0.5, 0.6) is 0 Å². The minimum absolute atomic E-state index is 0.307. The SMILES string of the molecule is Cc1noc2ncc(C(=O)NNC(=O)C3CCCO3)cc12. The van der Waals surface area contributed by atoms with Crippen LogP contribution in [0.25, 0.3) is 11.1 Å². The van der Waals surface area contributed by atoms with Crippen molar-refractivity contribution in [3.05, 3.63) is 23.5 Å². The highest BCUT2D eigenvalue weighted by atomic mass is 16.5. The van der Waals surface area contributed by atoms with Gasteiger partial charge in [0.05, 0.1) is 16.6 Å². The number of carbonyl (C=O) groups is 2. The van der Waals surface area contributed by atoms with Crippen molar-refractivity contribution >= 4 is 22.9 Å². The van der Waals surface area contributed by atoms with Crippen LogP contribution in [0.3, 0.4) is 0 Å². The van der Waals surface area contributed by atoms with E-state index in [-0.39, 0.29) is 5.91 Å². The zero-order chi connectivity index (χ0) is 14.8. The Kier molecular flexibility index (Phi) is 3.53. The summed E-state index contributed by atoms with van der Waals surface area (Å²) in [6.07, 6.45) is 2.38. The molecular weight excluding hydrogens is 276 g/mol. The molecule has 1 aliphatic heterocycles. The van der Waals surface area contributed by atoms with Gasteiger partial charge < -0.3 is 9.26 Å². The Morgan fingerprint density at radius 3 is 3.00 bits per heavy atom. The first-order valence-electron chi connectivity index (χ1n) is 6.59. The number of nitrogens with one attached hydrogen (secondary N) is 2. The highest BCUT2D eigenvalue weighted by Gasteiger charge is 2.24. The van der Waals surface area contributed by atoms with E-state index in [9.17, 15) is 9.59 Å². The average molecular weight is 290 g/mol. The second-order valence-corrected chi connectivity index (χ2v) is 4.79. The lowest BCUT2D eigenvalue weighted by molar-refractivity contribution is -0.130. The van der Waals surface area contributed by atoms with E-state index in [4.69, 9.17) is 9.26 Å². The molecule has 1 fully saturated rings. The van der Waals surface area contributed by atoms with Gasteiger partial charge in [-0.3, -0.25) is 20.4 Å². The maximum absolute atomic E-state index is 12.0. The number of rotatable bonds is 2. The molecule has 1 atom stereocenters. The van der Waals surface area contributed by atoms with E-state index >= 15 is 0 Å². The molecule has 1 aliphatic rings. The molecule has 0 saturated carbocycles. The van der Waals surface area contributed by atoms with Crippen molar-refractivity contribution in [2.24, 2.45) is 0 Å². The topological polar surface area (TPSA) is 106 Å². The monoisotopic (exact) mass is 290 g/mol. The maximum atomic E-state index is 12.0. The first-order valence-corrected chi connectivity index (χ1v) is 6.59. The van der Waals surface area contributed by atoms with Crippen LogP contribution in [0.1, 0.15) is 28.9 Å². The summed E-state index contributed by atoms with van der Waals surface area (Å²) in [6.45, 7) is 2.33. The molecule has 0 aliphatic carbocycles. The first-order chi connectivity index (χ1) is 10.1. The van der Waals surface area contributed by atoms with E-state index in [1.807, 2.05) is 0 Å². The molecule has 8 heteroatoms. The zero-order valence-electron chi connectivity index (χ0n) is 11.4. The molecule has 2 aromatic rings. The van der Waals surface area contributed by atoms with Gasteiger partial charge in [0.15, 0.2) is 0 Å². The quantitative estimate of drug-likeness (QED) is 0.779. The second kappa shape index (κ2) is 5.49. The number of amides is 2. The molecule has 2 amide bonds. The number of aryl methyl sites for hydroxylation is 1. The summed E-state index contributed by atoms with van der Waals surface area (Å²) in [5, 5.41) is 4.43. The highest BCUT2D eigenvalue weighted by Crippen LogP contribution is 2.16. The lowest BCUT2D eigenvalue weighted by Crippen LogP contribution is -2.46. The minimum Gasteiger partial charge on any atom is -0.368 e. The maximum Gasteiger partial charge on any atom is 0.271 e. The zero-order valence-corrected chi connectivity index (χ0v) is 11.4. The first kappa shape index (κ1) is 13.5. The van der Waals surface area contributed by atoms with Gasteiger partial charge in [-0.15, -0.1) is 0 Å². The number of carbonyl (C=O) groups excluding carboxylic acids is 2. The number of nitrogens with zero attached hydrogens (tertiary/aromatic N) is 2. The van der Waals surface area contributed by atoms with Crippen molar-refractivity contribution in [2.45, 2.75) is 25.9 Å². The summed E-state index contributed by atoms with van der Waals surface area (Å²) in [4.78, 5) is 27.7. The molecule has 2 N–H and O–H groups in total. The van der Waals surface area contributed by atoms with Crippen LogP contribution in [-0.4, -0.2) is 34.7 Å². The third kappa shape index (κ3) is 2.70. The van der Waals surface area contributed by atoms with Gasteiger partial charge in [-0.25, -0.2) is 4.98 Å². The Morgan fingerprint density at radius 2 is 2.24 bits per heavy atom. The van der Waals surface area contributed by atoms with E-state index in [0.717, 1.165) is 6.42 Å². The van der Waals surface area contributed by atoms with Crippen LogP contribution in [0.15, 0.2) is 16.8 Å². The highest BCUT2D eigenvalue weighted by molar-refractivity contribution is 5.98. The molecule has 110 valence electrons. The van der Waals surface area contributed by atoms with Gasteiger partial charge in [0.1, 0.15) is 6.10 Å². The lowest BCUT2D eigenvalue weighted by atomic mass is 10.2. The molecule has 1 saturated heterocycles. The van der Waals surface area contributed by atoms with Gasteiger partial charge >= 0.3 is 0 Å². The average Bonchev–Trinajstić information content (AvgIpc) is 3.14. The van der Waals surface area contributed by atoms with Gasteiger partial charge in [0, 0.05) is 12.8 Å². The minimum atomic E-state index is -0.494. The largest absolute Gasteiger partial charge is 0.368 e. The smallest absolute Gasteiger partial charge is 0.271 e. The van der Waals surface area contributed by atoms with Crippen LogP contribution < -0.4 is 10.9 Å². The molecule has 0 radical (unpaired) electrons. The summed E-state index contributed by atoms with van der Waals surface area (Å²) >= 11 is 0. The molecule has 8 nitrogen and oxygen atoms in total. The molecule has 2 aromatic heterocycles. The summed E-state index contributed by atoms with van der Waals surface area (Å²) in [5.41, 5.74) is 6.02. The number of pyridine rings is 1. The van der Waals surface area contributed by atoms with Crippen molar-refractivity contribution in [1.82, 2.24) is 21.0 Å². The standard InChI is InChI=1S/C13H14N4O4/c1-7-9-5-8(6-14-13(9)21-17-7)11(18)15-16-12(19)10-3-2-4-20-10/h5-6,10H,2-4H2,1H3,(H,15,18)(H,16,19). The van der Waals surface area contributed by atoms with Crippen molar-refractivity contribution in [1.29, 1.82) is 0 Å². The van der Waals surface area contributed by atoms with Gasteiger partial charge in [-0.1, -0.05) is 5.16 Å². The number of hydrogen-bond donors (Lipinski definition) is 2. The van der Waals surface area contributed by atoms with E-state index < -0.39 is 12.0 Å². The van der Waals surface area contributed by atoms with Crippen LogP contribution in [0, 0.1) is 6.92 Å². The van der Waals surface area contributed by atoms with Gasteiger partial charge in [-0.05, 0) is 25.8 Å². The van der Waals surface area contributed by atoms with E-state index in [2.05, 4.69) is 21.0 Å². The predicted molar refractivity (Wildman–Crippen MR) is 71.1 cm³/mol. The fourth-order valence-corrected chi connectivity index (χ4v) is 2.12. The lowest BCUT2D eigenvalue weighted by Gasteiger charge is -2.11. The number of fused-ring (bicyclic) bond motifs is 1. The fourth-order valence-electron chi connectivity index (χ4n) is 2.12. The predicted octanol–water partition coefficient (Wildman–Crippen LogP) is 0.471. The molecule has 1 unspecified atom stereocenters. The van der Waals surface area contributed by atoms with E-state index in [0.29, 0.717) is 35.4 Å². The molecule has 0 aromatic carbocycles. The van der Waals surface area contributed by atoms with E-state index in [1.54, 1.807) is 13.0 Å². The molecule has 3 rings (SSSR count). The molecule has 21 heavy (non-hydrogen) atoms. The summed E-state index contributed by atoms with van der Waals surface area (Å²) in [6, 6.07) is 1.61. The molecular formula is C13H14N4O4. The van der Waals surface area contributed by atoms with Crippen molar-refractivity contribution in [3.63, 3.8) is 0 Å². The van der Waals surface area contributed by atoms with Gasteiger partial charge in [-0.2, -0.15) is 0 Å². The Hall–Kier alpha value is -2.48. The normalized spacial score (nSPS) is 17.9. The van der Waals surface area contributed by atoms with Crippen LogP contribution in [0.2, 0.25) is 0 Å². The number of aromatic nitrogens is 2. The number of ether oxygens (including phenoxy) is 1. The third-order valence-corrected chi connectivity index (χ3v) is 3.29. The van der Waals surface area contributed by atoms with Gasteiger partial charge in [0.2, 0.25) is 0 Å². The molecule has 0 spiro atoms. The number of hydrogen-bond acceptors (Lipinski definition) is 6. The summed E-state index contributed by atoms with van der Waals surface area (Å²) in [7, 11) is 0. The van der Waals surface area contributed by atoms with Crippen molar-refractivity contribution in [2.75, 3.05) is 6.61 Å². The molecule has 3 heterocycles. The third-order valence-electron chi connectivity index (χ3n) is 3.29. The van der Waals surface area contributed by atoms with Crippen LogP contribution in [-0.2, 0) is 9.53 Å². The van der Waals surface area contributed by atoms with Gasteiger partial charge in [0.25, 0.3) is 17.5 Å². The Bertz CT molecular complexity index is 691. The van der Waals surface area contributed by atoms with Crippen LogP contribution >= 0.6 is 0 Å². The Balaban J connectivity index is 1.66. The molecule has 0 bridgehead atoms. The Labute approximate surface area is 119 Å². The van der Waals surface area contributed by atoms with Crippen LogP contribution in [0.4, 0.5) is 0 Å². The second-order valence-electron chi connectivity index (χ2n) is 4.79. The summed E-state index contributed by atoms with van der Waals surface area (Å²) < 4.78 is 10.2. The van der Waals surface area contributed by atoms with Crippen molar-refractivity contribution in [3.8, 4) is 0 Å².